The van der Waals surface area contributed by atoms with Gasteiger partial charge in [0.15, 0.2) is 0 Å². The van der Waals surface area contributed by atoms with Crippen LogP contribution in [-0.2, 0) is 6.54 Å². The number of aromatic nitrogens is 2. The van der Waals surface area contributed by atoms with Gasteiger partial charge in [-0.2, -0.15) is 0 Å². The van der Waals surface area contributed by atoms with Crippen LogP contribution in [0.4, 0.5) is 4.39 Å². The molecule has 3 heterocycles. The van der Waals surface area contributed by atoms with Crippen molar-refractivity contribution in [1.82, 2.24) is 19.8 Å². The van der Waals surface area contributed by atoms with Crippen LogP contribution < -0.4 is 0 Å². The van der Waals surface area contributed by atoms with Crippen molar-refractivity contribution in [3.63, 3.8) is 0 Å². The normalized spacial score (nSPS) is 23.7. The number of fused-ring (bicyclic) bond motifs is 1. The predicted octanol–water partition coefficient (Wildman–Crippen LogP) is 3.80. The summed E-state index contributed by atoms with van der Waals surface area (Å²) < 4.78 is 14.6. The van der Waals surface area contributed by atoms with E-state index in [0.29, 0.717) is 18.4 Å². The first-order valence-electron chi connectivity index (χ1n) is 10.4. The van der Waals surface area contributed by atoms with E-state index in [1.165, 1.54) is 6.07 Å². The molecular weight excluding hydrogens is 379 g/mol. The van der Waals surface area contributed by atoms with Crippen LogP contribution in [0.3, 0.4) is 0 Å². The lowest BCUT2D eigenvalue weighted by molar-refractivity contribution is 0.0694. The molecule has 2 aromatic carbocycles. The van der Waals surface area contributed by atoms with Gasteiger partial charge in [0.1, 0.15) is 11.6 Å². The fourth-order valence-corrected chi connectivity index (χ4v) is 5.10. The molecule has 1 amide bonds. The number of nitrogens with zero attached hydrogens (tertiary/aromatic N) is 3. The molecule has 0 unspecified atom stereocenters. The molecule has 1 N–H and O–H groups in total. The number of carbonyl (C=O) groups excluding carboxylic acids is 1. The Morgan fingerprint density at radius 3 is 2.73 bits per heavy atom. The van der Waals surface area contributed by atoms with Gasteiger partial charge in [-0.05, 0) is 36.1 Å². The fourth-order valence-electron chi connectivity index (χ4n) is 5.10. The number of aromatic amines is 1. The van der Waals surface area contributed by atoms with E-state index in [4.69, 9.17) is 0 Å². The summed E-state index contributed by atoms with van der Waals surface area (Å²) in [6.07, 6.45) is 3.62. The number of nitrogens with one attached hydrogen (secondary N) is 1. The van der Waals surface area contributed by atoms with Crippen molar-refractivity contribution in [2.75, 3.05) is 19.6 Å². The van der Waals surface area contributed by atoms with E-state index >= 15 is 0 Å². The van der Waals surface area contributed by atoms with E-state index in [0.717, 1.165) is 36.6 Å². The third-order valence-electron chi connectivity index (χ3n) is 6.42. The van der Waals surface area contributed by atoms with E-state index in [1.54, 1.807) is 18.3 Å². The third-order valence-corrected chi connectivity index (χ3v) is 6.42. The van der Waals surface area contributed by atoms with Crippen molar-refractivity contribution in [2.45, 2.75) is 19.5 Å². The Hall–Kier alpha value is -2.99. The van der Waals surface area contributed by atoms with E-state index in [1.807, 2.05) is 36.2 Å². The Morgan fingerprint density at radius 2 is 2.00 bits per heavy atom. The second-order valence-corrected chi connectivity index (χ2v) is 8.45. The lowest BCUT2D eigenvalue weighted by Crippen LogP contribution is -2.36. The van der Waals surface area contributed by atoms with E-state index in [-0.39, 0.29) is 17.5 Å². The zero-order chi connectivity index (χ0) is 20.7. The molecule has 154 valence electrons. The number of rotatable bonds is 4. The minimum Gasteiger partial charge on any atom is -0.348 e. The molecule has 3 atom stereocenters. The number of halogens is 1. The highest BCUT2D eigenvalue weighted by Crippen LogP contribution is 2.45. The first-order valence-corrected chi connectivity index (χ1v) is 10.4. The smallest absolute Gasteiger partial charge is 0.257 e. The molecular formula is C24H25FN4O. The maximum atomic E-state index is 14.6. The van der Waals surface area contributed by atoms with Crippen molar-refractivity contribution in [3.8, 4) is 0 Å². The molecule has 2 saturated heterocycles. The number of aryl methyl sites for hydroxylation is 1. The van der Waals surface area contributed by atoms with Crippen LogP contribution in [-0.4, -0.2) is 45.3 Å². The van der Waals surface area contributed by atoms with Crippen molar-refractivity contribution in [3.05, 3.63) is 89.3 Å². The van der Waals surface area contributed by atoms with Gasteiger partial charge in [0.05, 0.1) is 18.2 Å². The molecule has 5 rings (SSSR count). The summed E-state index contributed by atoms with van der Waals surface area (Å²) in [5, 5.41) is 0. The maximum Gasteiger partial charge on any atom is 0.257 e. The van der Waals surface area contributed by atoms with Gasteiger partial charge in [0.25, 0.3) is 5.91 Å². The summed E-state index contributed by atoms with van der Waals surface area (Å²) in [5.74, 6) is 0.986. The third kappa shape index (κ3) is 3.41. The minimum atomic E-state index is -0.441. The number of hydrogen-bond acceptors (Lipinski definition) is 3. The number of benzene rings is 2. The van der Waals surface area contributed by atoms with Crippen LogP contribution in [0.5, 0.6) is 0 Å². The quantitative estimate of drug-likeness (QED) is 0.720. The van der Waals surface area contributed by atoms with Crippen LogP contribution in [0.25, 0.3) is 0 Å². The lowest BCUT2D eigenvalue weighted by atomic mass is 9.89. The molecule has 5 nitrogen and oxygen atoms in total. The van der Waals surface area contributed by atoms with Gasteiger partial charge in [-0.1, -0.05) is 36.4 Å². The van der Waals surface area contributed by atoms with Crippen molar-refractivity contribution >= 4 is 5.91 Å². The first kappa shape index (κ1) is 19.0. The Balaban J connectivity index is 1.43. The second kappa shape index (κ2) is 7.69. The van der Waals surface area contributed by atoms with Gasteiger partial charge in [-0.25, -0.2) is 9.37 Å². The number of likely N-dealkylation sites (tertiary alicyclic amines) is 2. The largest absolute Gasteiger partial charge is 0.348 e. The summed E-state index contributed by atoms with van der Waals surface area (Å²) in [4.78, 5) is 25.2. The molecule has 6 heteroatoms. The zero-order valence-corrected chi connectivity index (χ0v) is 17.0. The molecule has 2 aliphatic rings. The summed E-state index contributed by atoms with van der Waals surface area (Å²) in [7, 11) is 0. The minimum absolute atomic E-state index is 0.0500. The molecule has 1 aromatic heterocycles. The SMILES string of the molecule is Cc1ccc(C(=O)N2C[C@@H]3CN(Cc4ncc[nH]4)C[C@@H]3[C@@H]2c2ccccc2)c(F)c1. The van der Waals surface area contributed by atoms with Crippen LogP contribution >= 0.6 is 0 Å². The average Bonchev–Trinajstić information content (AvgIpc) is 3.45. The van der Waals surface area contributed by atoms with Gasteiger partial charge in [0.2, 0.25) is 0 Å². The second-order valence-electron chi connectivity index (χ2n) is 8.45. The lowest BCUT2D eigenvalue weighted by Gasteiger charge is -2.30. The summed E-state index contributed by atoms with van der Waals surface area (Å²) in [5.41, 5.74) is 2.09. The van der Waals surface area contributed by atoms with E-state index < -0.39 is 5.82 Å². The van der Waals surface area contributed by atoms with Crippen LogP contribution in [0.2, 0.25) is 0 Å². The van der Waals surface area contributed by atoms with Gasteiger partial charge in [0, 0.05) is 37.9 Å². The Morgan fingerprint density at radius 1 is 1.17 bits per heavy atom. The summed E-state index contributed by atoms with van der Waals surface area (Å²) in [6, 6.07) is 15.0. The molecule has 2 aliphatic heterocycles. The Labute approximate surface area is 175 Å². The highest BCUT2D eigenvalue weighted by atomic mass is 19.1. The van der Waals surface area contributed by atoms with Gasteiger partial charge >= 0.3 is 0 Å². The van der Waals surface area contributed by atoms with Crippen LogP contribution in [0.15, 0.2) is 60.9 Å². The fraction of sp³-hybridized carbons (Fsp3) is 0.333. The average molecular weight is 404 g/mol. The zero-order valence-electron chi connectivity index (χ0n) is 17.0. The Bertz CT molecular complexity index is 1040. The summed E-state index contributed by atoms with van der Waals surface area (Å²) in [6.45, 7) is 5.06. The summed E-state index contributed by atoms with van der Waals surface area (Å²) >= 11 is 0. The molecule has 0 saturated carbocycles. The van der Waals surface area contributed by atoms with Gasteiger partial charge < -0.3 is 9.88 Å². The number of hydrogen-bond donors (Lipinski definition) is 1. The van der Waals surface area contributed by atoms with Gasteiger partial charge in [-0.15, -0.1) is 0 Å². The van der Waals surface area contributed by atoms with Crippen LogP contribution in [0, 0.1) is 24.6 Å². The van der Waals surface area contributed by atoms with Crippen molar-refractivity contribution in [1.29, 1.82) is 0 Å². The van der Waals surface area contributed by atoms with Crippen LogP contribution in [0.1, 0.15) is 33.4 Å². The molecule has 0 bridgehead atoms. The first-order chi connectivity index (χ1) is 14.6. The maximum absolute atomic E-state index is 14.6. The topological polar surface area (TPSA) is 52.2 Å². The monoisotopic (exact) mass is 404 g/mol. The predicted molar refractivity (Wildman–Crippen MR) is 112 cm³/mol. The van der Waals surface area contributed by atoms with Gasteiger partial charge in [-0.3, -0.25) is 9.69 Å². The van der Waals surface area contributed by atoms with E-state index in [9.17, 15) is 9.18 Å². The Kier molecular flexibility index (Phi) is 4.87. The van der Waals surface area contributed by atoms with Crippen molar-refractivity contribution < 1.29 is 9.18 Å². The molecule has 0 radical (unpaired) electrons. The standard InChI is InChI=1S/C24H25FN4O/c1-16-7-8-19(21(25)11-16)24(30)29-13-18-12-28(15-22-26-9-10-27-22)14-20(18)23(29)17-5-3-2-4-6-17/h2-11,18,20,23H,12-15H2,1H3,(H,26,27)/t18-,20-,23-/m0/s1. The molecule has 0 aliphatic carbocycles. The van der Waals surface area contributed by atoms with Crippen molar-refractivity contribution in [2.24, 2.45) is 11.8 Å². The number of imidazole rings is 1. The molecule has 30 heavy (non-hydrogen) atoms. The number of carbonyl (C=O) groups is 1. The molecule has 2 fully saturated rings. The molecule has 0 spiro atoms. The number of amides is 1. The highest BCUT2D eigenvalue weighted by molar-refractivity contribution is 5.95. The molecule has 3 aromatic rings. The number of H-pyrrole nitrogens is 1. The highest BCUT2D eigenvalue weighted by Gasteiger charge is 2.49. The van der Waals surface area contributed by atoms with E-state index in [2.05, 4.69) is 27.0 Å².